The lowest BCUT2D eigenvalue weighted by atomic mass is 9.85. The van der Waals surface area contributed by atoms with Crippen molar-refractivity contribution < 1.29 is 4.74 Å². The minimum Gasteiger partial charge on any atom is -0.493 e. The minimum atomic E-state index is 0.131. The van der Waals surface area contributed by atoms with Gasteiger partial charge in [-0.3, -0.25) is 0 Å². The Morgan fingerprint density at radius 3 is 2.43 bits per heavy atom. The van der Waals surface area contributed by atoms with E-state index in [1.54, 1.807) is 0 Å². The molecule has 1 N–H and O–H groups in total. The Bertz CT molecular complexity index is 407. The first-order chi connectivity index (χ1) is 9.99. The van der Waals surface area contributed by atoms with Gasteiger partial charge in [-0.2, -0.15) is 0 Å². The molecule has 120 valence electrons. The number of aryl methyl sites for hydroxylation is 1. The molecule has 0 saturated heterocycles. The molecule has 0 aliphatic carbocycles. The Morgan fingerprint density at radius 2 is 1.81 bits per heavy atom. The number of unbranched alkanes of at least 4 members (excludes halogenated alkanes) is 2. The summed E-state index contributed by atoms with van der Waals surface area (Å²) in [4.78, 5) is 0. The summed E-state index contributed by atoms with van der Waals surface area (Å²) in [5, 5.41) is 3.36. The summed E-state index contributed by atoms with van der Waals surface area (Å²) < 4.78 is 6.05. The van der Waals surface area contributed by atoms with Crippen LogP contribution in [0.1, 0.15) is 65.0 Å². The van der Waals surface area contributed by atoms with Crippen LogP contribution in [-0.2, 0) is 11.8 Å². The van der Waals surface area contributed by atoms with Gasteiger partial charge >= 0.3 is 0 Å². The van der Waals surface area contributed by atoms with E-state index in [-0.39, 0.29) is 5.41 Å². The summed E-state index contributed by atoms with van der Waals surface area (Å²) in [7, 11) is 0. The summed E-state index contributed by atoms with van der Waals surface area (Å²) in [5.41, 5.74) is 2.85. The van der Waals surface area contributed by atoms with E-state index in [9.17, 15) is 0 Å². The zero-order valence-electron chi connectivity index (χ0n) is 14.6. The van der Waals surface area contributed by atoms with Gasteiger partial charge in [-0.05, 0) is 61.4 Å². The van der Waals surface area contributed by atoms with Crippen molar-refractivity contribution >= 4 is 0 Å². The molecule has 0 unspecified atom stereocenters. The van der Waals surface area contributed by atoms with Gasteiger partial charge in [0.05, 0.1) is 6.61 Å². The van der Waals surface area contributed by atoms with Crippen LogP contribution in [-0.4, -0.2) is 19.7 Å². The second-order valence-electron chi connectivity index (χ2n) is 6.70. The maximum absolute atomic E-state index is 6.05. The lowest BCUT2D eigenvalue weighted by Gasteiger charge is -2.23. The van der Waals surface area contributed by atoms with Gasteiger partial charge in [0.15, 0.2) is 0 Å². The standard InChI is InChI=1S/C19H33NO/c1-6-16-11-12-18(17(15-16)19(3,4)5)21-14-10-8-9-13-20-7-2/h11-12,15,20H,6-10,13-14H2,1-5H3. The molecular formula is C19H33NO. The quantitative estimate of drug-likeness (QED) is 0.666. The van der Waals surface area contributed by atoms with Crippen LogP contribution < -0.4 is 10.1 Å². The Hall–Kier alpha value is -1.02. The van der Waals surface area contributed by atoms with Crippen molar-refractivity contribution in [2.24, 2.45) is 0 Å². The van der Waals surface area contributed by atoms with Gasteiger partial charge in [0, 0.05) is 0 Å². The van der Waals surface area contributed by atoms with E-state index >= 15 is 0 Å². The van der Waals surface area contributed by atoms with Crippen LogP contribution in [0.5, 0.6) is 5.75 Å². The van der Waals surface area contributed by atoms with Crippen LogP contribution in [0.4, 0.5) is 0 Å². The van der Waals surface area contributed by atoms with E-state index in [1.165, 1.54) is 24.0 Å². The van der Waals surface area contributed by atoms with Crippen molar-refractivity contribution in [1.29, 1.82) is 0 Å². The summed E-state index contributed by atoms with van der Waals surface area (Å²) in [5.74, 6) is 1.06. The molecule has 2 nitrogen and oxygen atoms in total. The molecular weight excluding hydrogens is 258 g/mol. The van der Waals surface area contributed by atoms with E-state index in [2.05, 4.69) is 58.1 Å². The van der Waals surface area contributed by atoms with E-state index < -0.39 is 0 Å². The van der Waals surface area contributed by atoms with Gasteiger partial charge in [0.1, 0.15) is 5.75 Å². The summed E-state index contributed by atoms with van der Waals surface area (Å²) in [6.07, 6.45) is 4.67. The molecule has 0 fully saturated rings. The summed E-state index contributed by atoms with van der Waals surface area (Å²) in [6.45, 7) is 14.1. The Balaban J connectivity index is 2.51. The Kier molecular flexibility index (Phi) is 7.81. The first-order valence-electron chi connectivity index (χ1n) is 8.46. The van der Waals surface area contributed by atoms with Crippen LogP contribution in [0, 0.1) is 0 Å². The molecule has 0 atom stereocenters. The smallest absolute Gasteiger partial charge is 0.123 e. The summed E-state index contributed by atoms with van der Waals surface area (Å²) >= 11 is 0. The first kappa shape index (κ1) is 18.0. The zero-order valence-corrected chi connectivity index (χ0v) is 14.6. The first-order valence-corrected chi connectivity index (χ1v) is 8.46. The van der Waals surface area contributed by atoms with Crippen molar-refractivity contribution in [3.05, 3.63) is 29.3 Å². The fourth-order valence-electron chi connectivity index (χ4n) is 2.40. The van der Waals surface area contributed by atoms with Gasteiger partial charge in [0.25, 0.3) is 0 Å². The SMILES string of the molecule is CCNCCCCCOc1ccc(CC)cc1C(C)(C)C. The number of hydrogen-bond acceptors (Lipinski definition) is 2. The Labute approximate surface area is 131 Å². The lowest BCUT2D eigenvalue weighted by Crippen LogP contribution is -2.15. The maximum Gasteiger partial charge on any atom is 0.123 e. The highest BCUT2D eigenvalue weighted by Crippen LogP contribution is 2.32. The number of benzene rings is 1. The minimum absolute atomic E-state index is 0.131. The fraction of sp³-hybridized carbons (Fsp3) is 0.684. The van der Waals surface area contributed by atoms with Crippen molar-refractivity contribution in [2.75, 3.05) is 19.7 Å². The number of nitrogens with one attached hydrogen (secondary N) is 1. The third-order valence-electron chi connectivity index (χ3n) is 3.77. The molecule has 21 heavy (non-hydrogen) atoms. The predicted octanol–water partition coefficient (Wildman–Crippen LogP) is 4.71. The second-order valence-corrected chi connectivity index (χ2v) is 6.70. The third-order valence-corrected chi connectivity index (χ3v) is 3.77. The monoisotopic (exact) mass is 291 g/mol. The molecule has 0 aliphatic rings. The van der Waals surface area contributed by atoms with Crippen LogP contribution in [0.15, 0.2) is 18.2 Å². The van der Waals surface area contributed by atoms with Crippen LogP contribution in [0.25, 0.3) is 0 Å². The van der Waals surface area contributed by atoms with Crippen LogP contribution in [0.3, 0.4) is 0 Å². The lowest BCUT2D eigenvalue weighted by molar-refractivity contribution is 0.297. The molecule has 1 aromatic carbocycles. The van der Waals surface area contributed by atoms with E-state index in [0.29, 0.717) is 0 Å². The molecule has 1 aromatic rings. The molecule has 0 radical (unpaired) electrons. The van der Waals surface area contributed by atoms with Crippen molar-refractivity contribution in [3.63, 3.8) is 0 Å². The average molecular weight is 291 g/mol. The topological polar surface area (TPSA) is 21.3 Å². The van der Waals surface area contributed by atoms with Crippen molar-refractivity contribution in [1.82, 2.24) is 5.32 Å². The molecule has 0 amide bonds. The van der Waals surface area contributed by atoms with Gasteiger partial charge < -0.3 is 10.1 Å². The maximum atomic E-state index is 6.05. The molecule has 0 aromatic heterocycles. The fourth-order valence-corrected chi connectivity index (χ4v) is 2.40. The molecule has 1 rings (SSSR count). The van der Waals surface area contributed by atoms with Crippen molar-refractivity contribution in [2.45, 2.75) is 65.7 Å². The number of rotatable bonds is 9. The van der Waals surface area contributed by atoms with Crippen LogP contribution >= 0.6 is 0 Å². The normalized spacial score (nSPS) is 11.7. The van der Waals surface area contributed by atoms with Gasteiger partial charge in [-0.25, -0.2) is 0 Å². The van der Waals surface area contributed by atoms with Crippen molar-refractivity contribution in [3.8, 4) is 5.75 Å². The van der Waals surface area contributed by atoms with E-state index in [0.717, 1.165) is 38.3 Å². The van der Waals surface area contributed by atoms with Crippen LogP contribution in [0.2, 0.25) is 0 Å². The van der Waals surface area contributed by atoms with Gasteiger partial charge in [-0.1, -0.05) is 46.8 Å². The molecule has 0 aliphatic heterocycles. The predicted molar refractivity (Wildman–Crippen MR) is 92.4 cm³/mol. The average Bonchev–Trinajstić information content (AvgIpc) is 2.45. The highest BCUT2D eigenvalue weighted by atomic mass is 16.5. The Morgan fingerprint density at radius 1 is 1.05 bits per heavy atom. The van der Waals surface area contributed by atoms with Gasteiger partial charge in [0.2, 0.25) is 0 Å². The number of hydrogen-bond donors (Lipinski definition) is 1. The second kappa shape index (κ2) is 9.09. The highest BCUT2D eigenvalue weighted by Gasteiger charge is 2.19. The highest BCUT2D eigenvalue weighted by molar-refractivity contribution is 5.41. The largest absolute Gasteiger partial charge is 0.493 e. The molecule has 0 bridgehead atoms. The molecule has 0 heterocycles. The molecule has 0 spiro atoms. The molecule has 0 saturated carbocycles. The third kappa shape index (κ3) is 6.52. The zero-order chi connectivity index (χ0) is 15.7. The van der Waals surface area contributed by atoms with E-state index in [1.807, 2.05) is 0 Å². The number of ether oxygens (including phenoxy) is 1. The molecule has 2 heteroatoms. The van der Waals surface area contributed by atoms with Gasteiger partial charge in [-0.15, -0.1) is 0 Å². The summed E-state index contributed by atoms with van der Waals surface area (Å²) in [6, 6.07) is 6.65. The van der Waals surface area contributed by atoms with E-state index in [4.69, 9.17) is 4.74 Å².